The fraction of sp³-hybridized carbons (Fsp3) is 0.500. The van der Waals surface area contributed by atoms with Crippen LogP contribution in [0.2, 0.25) is 0 Å². The number of benzene rings is 1. The van der Waals surface area contributed by atoms with Gasteiger partial charge in [0.2, 0.25) is 0 Å². The van der Waals surface area contributed by atoms with E-state index in [-0.39, 0.29) is 6.04 Å². The molecule has 0 fully saturated rings. The Kier molecular flexibility index (Phi) is 3.89. The van der Waals surface area contributed by atoms with Crippen LogP contribution in [0.1, 0.15) is 25.0 Å². The van der Waals surface area contributed by atoms with E-state index in [2.05, 4.69) is 14.8 Å². The zero-order valence-electron chi connectivity index (χ0n) is 10.7. The van der Waals surface area contributed by atoms with E-state index >= 15 is 0 Å². The Morgan fingerprint density at radius 1 is 1.28 bits per heavy atom. The number of nitrogens with one attached hydrogen (secondary N) is 3. The molecule has 1 aliphatic rings. The highest BCUT2D eigenvalue weighted by Gasteiger charge is 2.13. The van der Waals surface area contributed by atoms with E-state index in [0.29, 0.717) is 5.69 Å². The van der Waals surface area contributed by atoms with Gasteiger partial charge in [-0.3, -0.25) is 4.72 Å². The molecule has 3 N–H and O–H groups in total. The first-order valence-corrected chi connectivity index (χ1v) is 7.57. The first kappa shape index (κ1) is 13.3. The lowest BCUT2D eigenvalue weighted by Crippen LogP contribution is -2.35. The van der Waals surface area contributed by atoms with Gasteiger partial charge in [0, 0.05) is 12.6 Å². The van der Waals surface area contributed by atoms with E-state index < -0.39 is 10.2 Å². The summed E-state index contributed by atoms with van der Waals surface area (Å²) in [6.07, 6.45) is 0.993. The predicted molar refractivity (Wildman–Crippen MR) is 72.7 cm³/mol. The maximum absolute atomic E-state index is 11.7. The molecule has 100 valence electrons. The normalized spacial score (nSPS) is 15.5. The van der Waals surface area contributed by atoms with E-state index in [4.69, 9.17) is 0 Å². The molecule has 5 nitrogen and oxygen atoms in total. The standard InChI is InChI=1S/C12H19N3O2S/c1-9(2)14-18(16,17)15-12-4-3-10-5-6-13-8-11(10)7-12/h3-4,7,9,13-15H,5-6,8H2,1-2H3. The van der Waals surface area contributed by atoms with E-state index in [1.54, 1.807) is 13.8 Å². The third kappa shape index (κ3) is 3.44. The quantitative estimate of drug-likeness (QED) is 0.763. The minimum absolute atomic E-state index is 0.123. The Morgan fingerprint density at radius 2 is 2.06 bits per heavy atom. The van der Waals surface area contributed by atoms with Gasteiger partial charge < -0.3 is 5.32 Å². The van der Waals surface area contributed by atoms with Crippen LogP contribution >= 0.6 is 0 Å². The first-order valence-electron chi connectivity index (χ1n) is 6.09. The lowest BCUT2D eigenvalue weighted by atomic mass is 10.0. The summed E-state index contributed by atoms with van der Waals surface area (Å²) >= 11 is 0. The lowest BCUT2D eigenvalue weighted by molar-refractivity contribution is 0.575. The minimum atomic E-state index is -3.48. The summed E-state index contributed by atoms with van der Waals surface area (Å²) in [5.74, 6) is 0. The number of hydrogen-bond donors (Lipinski definition) is 3. The molecule has 0 saturated heterocycles. The van der Waals surface area contributed by atoms with Crippen LogP contribution in [0.4, 0.5) is 5.69 Å². The molecule has 0 unspecified atom stereocenters. The minimum Gasteiger partial charge on any atom is -0.312 e. The van der Waals surface area contributed by atoms with Gasteiger partial charge in [-0.2, -0.15) is 13.1 Å². The van der Waals surface area contributed by atoms with Gasteiger partial charge in [0.15, 0.2) is 0 Å². The molecule has 0 saturated carbocycles. The van der Waals surface area contributed by atoms with Crippen molar-refractivity contribution in [2.45, 2.75) is 32.9 Å². The summed E-state index contributed by atoms with van der Waals surface area (Å²) < 4.78 is 28.5. The monoisotopic (exact) mass is 269 g/mol. The molecule has 0 spiro atoms. The molecule has 0 aromatic heterocycles. The van der Waals surface area contributed by atoms with E-state index in [9.17, 15) is 8.42 Å². The Balaban J connectivity index is 2.15. The van der Waals surface area contributed by atoms with Gasteiger partial charge in [0.05, 0.1) is 5.69 Å². The average Bonchev–Trinajstić information content (AvgIpc) is 2.26. The molecule has 1 aliphatic heterocycles. The van der Waals surface area contributed by atoms with Gasteiger partial charge in [-0.15, -0.1) is 0 Å². The van der Waals surface area contributed by atoms with Gasteiger partial charge in [0.1, 0.15) is 0 Å². The second-order valence-corrected chi connectivity index (χ2v) is 6.24. The summed E-state index contributed by atoms with van der Waals surface area (Å²) in [6.45, 7) is 5.35. The average molecular weight is 269 g/mol. The summed E-state index contributed by atoms with van der Waals surface area (Å²) in [5.41, 5.74) is 3.05. The molecule has 1 heterocycles. The molecule has 0 aliphatic carbocycles. The molecule has 0 bridgehead atoms. The highest BCUT2D eigenvalue weighted by Crippen LogP contribution is 2.19. The van der Waals surface area contributed by atoms with Gasteiger partial charge in [-0.25, -0.2) is 0 Å². The Hall–Kier alpha value is -1.11. The first-order chi connectivity index (χ1) is 8.46. The van der Waals surface area contributed by atoms with Crippen LogP contribution in [-0.4, -0.2) is 21.0 Å². The van der Waals surface area contributed by atoms with Crippen molar-refractivity contribution in [3.63, 3.8) is 0 Å². The van der Waals surface area contributed by atoms with Crippen LogP contribution in [0.25, 0.3) is 0 Å². The molecular weight excluding hydrogens is 250 g/mol. The second-order valence-electron chi connectivity index (χ2n) is 4.79. The van der Waals surface area contributed by atoms with Crippen LogP contribution in [-0.2, 0) is 23.2 Å². The number of hydrogen-bond acceptors (Lipinski definition) is 3. The Labute approximate surface area is 108 Å². The zero-order chi connectivity index (χ0) is 13.2. The number of anilines is 1. The number of rotatable bonds is 4. The molecule has 0 radical (unpaired) electrons. The van der Waals surface area contributed by atoms with E-state index in [1.165, 1.54) is 5.56 Å². The van der Waals surface area contributed by atoms with Crippen LogP contribution in [0.15, 0.2) is 18.2 Å². The van der Waals surface area contributed by atoms with E-state index in [0.717, 1.165) is 25.1 Å². The maximum atomic E-state index is 11.7. The molecule has 6 heteroatoms. The molecule has 18 heavy (non-hydrogen) atoms. The van der Waals surface area contributed by atoms with Crippen molar-refractivity contribution in [1.29, 1.82) is 0 Å². The van der Waals surface area contributed by atoms with Crippen LogP contribution in [0.3, 0.4) is 0 Å². The lowest BCUT2D eigenvalue weighted by Gasteiger charge is -2.18. The summed E-state index contributed by atoms with van der Waals surface area (Å²) in [7, 11) is -3.48. The van der Waals surface area contributed by atoms with Crippen LogP contribution < -0.4 is 14.8 Å². The summed E-state index contributed by atoms with van der Waals surface area (Å²) in [4.78, 5) is 0. The highest BCUT2D eigenvalue weighted by molar-refractivity contribution is 7.90. The fourth-order valence-electron chi connectivity index (χ4n) is 2.04. The Morgan fingerprint density at radius 3 is 2.78 bits per heavy atom. The third-order valence-electron chi connectivity index (χ3n) is 2.74. The summed E-state index contributed by atoms with van der Waals surface area (Å²) in [5, 5.41) is 3.27. The topological polar surface area (TPSA) is 70.2 Å². The van der Waals surface area contributed by atoms with Crippen molar-refractivity contribution in [3.8, 4) is 0 Å². The van der Waals surface area contributed by atoms with Gasteiger partial charge in [-0.1, -0.05) is 6.07 Å². The molecular formula is C12H19N3O2S. The number of fused-ring (bicyclic) bond motifs is 1. The van der Waals surface area contributed by atoms with Crippen molar-refractivity contribution < 1.29 is 8.42 Å². The van der Waals surface area contributed by atoms with Crippen molar-refractivity contribution in [2.24, 2.45) is 0 Å². The van der Waals surface area contributed by atoms with Crippen molar-refractivity contribution in [1.82, 2.24) is 10.0 Å². The van der Waals surface area contributed by atoms with Crippen molar-refractivity contribution >= 4 is 15.9 Å². The van der Waals surface area contributed by atoms with Crippen molar-refractivity contribution in [3.05, 3.63) is 29.3 Å². The smallest absolute Gasteiger partial charge is 0.299 e. The maximum Gasteiger partial charge on any atom is 0.299 e. The van der Waals surface area contributed by atoms with Gasteiger partial charge in [0.25, 0.3) is 10.2 Å². The second kappa shape index (κ2) is 5.26. The van der Waals surface area contributed by atoms with Crippen LogP contribution in [0, 0.1) is 0 Å². The van der Waals surface area contributed by atoms with Crippen molar-refractivity contribution in [2.75, 3.05) is 11.3 Å². The third-order valence-corrected chi connectivity index (χ3v) is 4.02. The SMILES string of the molecule is CC(C)NS(=O)(=O)Nc1ccc2c(c1)CNCC2. The molecule has 2 rings (SSSR count). The summed E-state index contributed by atoms with van der Waals surface area (Å²) in [6, 6.07) is 5.57. The van der Waals surface area contributed by atoms with E-state index in [1.807, 2.05) is 18.2 Å². The molecule has 1 aromatic rings. The molecule has 0 atom stereocenters. The van der Waals surface area contributed by atoms with Crippen LogP contribution in [0.5, 0.6) is 0 Å². The highest BCUT2D eigenvalue weighted by atomic mass is 32.2. The Bertz CT molecular complexity index is 526. The largest absolute Gasteiger partial charge is 0.312 e. The predicted octanol–water partition coefficient (Wildman–Crippen LogP) is 0.987. The van der Waals surface area contributed by atoms with Gasteiger partial charge in [-0.05, 0) is 50.1 Å². The zero-order valence-corrected chi connectivity index (χ0v) is 11.5. The fourth-order valence-corrected chi connectivity index (χ4v) is 3.16. The van der Waals surface area contributed by atoms with Gasteiger partial charge >= 0.3 is 0 Å². The molecule has 1 aromatic carbocycles. The molecule has 0 amide bonds.